The van der Waals surface area contributed by atoms with Crippen LogP contribution in [0.3, 0.4) is 0 Å². The maximum absolute atomic E-state index is 5.90. The van der Waals surface area contributed by atoms with Crippen molar-refractivity contribution < 1.29 is 0 Å². The zero-order chi connectivity index (χ0) is 13.0. The summed E-state index contributed by atoms with van der Waals surface area (Å²) in [5, 5.41) is 4.10. The smallest absolute Gasteiger partial charge is 0.106 e. The first-order valence-electron chi connectivity index (χ1n) is 6.17. The van der Waals surface area contributed by atoms with Crippen molar-refractivity contribution >= 4 is 11.6 Å². The van der Waals surface area contributed by atoms with Crippen molar-refractivity contribution in [2.75, 3.05) is 6.54 Å². The molecular weight excluding hydrogens is 246 g/mol. The third-order valence-corrected chi connectivity index (χ3v) is 3.20. The van der Waals surface area contributed by atoms with Crippen molar-refractivity contribution in [2.24, 2.45) is 0 Å². The molecule has 2 rings (SSSR count). The quantitative estimate of drug-likeness (QED) is 0.899. The second-order valence-electron chi connectivity index (χ2n) is 4.29. The van der Waals surface area contributed by atoms with Crippen LogP contribution in [0.4, 0.5) is 0 Å². The molecule has 1 aromatic carbocycles. The average molecular weight is 264 g/mol. The average Bonchev–Trinajstić information content (AvgIpc) is 2.71. The van der Waals surface area contributed by atoms with Gasteiger partial charge in [0.15, 0.2) is 0 Å². The third kappa shape index (κ3) is 3.12. The number of aromatic nitrogens is 2. The SMILES string of the molecule is CCNCc1cnc(C)n1Cc1ccc(Cl)cc1. The summed E-state index contributed by atoms with van der Waals surface area (Å²) in [5.41, 5.74) is 2.45. The van der Waals surface area contributed by atoms with Gasteiger partial charge in [-0.2, -0.15) is 0 Å². The van der Waals surface area contributed by atoms with E-state index in [4.69, 9.17) is 11.6 Å². The fourth-order valence-corrected chi connectivity index (χ4v) is 2.02. The first-order chi connectivity index (χ1) is 8.70. The van der Waals surface area contributed by atoms with Crippen LogP contribution in [0, 0.1) is 6.92 Å². The maximum Gasteiger partial charge on any atom is 0.106 e. The standard InChI is InChI=1S/C14H18ClN3/c1-3-16-8-14-9-17-11(2)18(14)10-12-4-6-13(15)7-5-12/h4-7,9,16H,3,8,10H2,1-2H3. The molecule has 1 N–H and O–H groups in total. The van der Waals surface area contributed by atoms with E-state index < -0.39 is 0 Å². The summed E-state index contributed by atoms with van der Waals surface area (Å²) >= 11 is 5.90. The van der Waals surface area contributed by atoms with Crippen LogP contribution in [-0.2, 0) is 13.1 Å². The molecule has 0 aliphatic heterocycles. The second kappa shape index (κ2) is 6.03. The molecule has 0 unspecified atom stereocenters. The Kier molecular flexibility index (Phi) is 4.39. The van der Waals surface area contributed by atoms with Gasteiger partial charge >= 0.3 is 0 Å². The van der Waals surface area contributed by atoms with Gasteiger partial charge in [-0.15, -0.1) is 0 Å². The van der Waals surface area contributed by atoms with Gasteiger partial charge in [0, 0.05) is 24.3 Å². The molecule has 1 aromatic heterocycles. The Morgan fingerprint density at radius 3 is 2.67 bits per heavy atom. The van der Waals surface area contributed by atoms with Crippen LogP contribution < -0.4 is 5.32 Å². The van der Waals surface area contributed by atoms with Crippen LogP contribution in [0.5, 0.6) is 0 Å². The van der Waals surface area contributed by atoms with Crippen LogP contribution >= 0.6 is 11.6 Å². The molecule has 0 amide bonds. The zero-order valence-electron chi connectivity index (χ0n) is 10.8. The molecule has 0 spiro atoms. The summed E-state index contributed by atoms with van der Waals surface area (Å²) in [6, 6.07) is 7.96. The zero-order valence-corrected chi connectivity index (χ0v) is 11.5. The summed E-state index contributed by atoms with van der Waals surface area (Å²) in [4.78, 5) is 4.38. The Morgan fingerprint density at radius 2 is 2.00 bits per heavy atom. The minimum Gasteiger partial charge on any atom is -0.327 e. The van der Waals surface area contributed by atoms with E-state index in [0.29, 0.717) is 0 Å². The van der Waals surface area contributed by atoms with Gasteiger partial charge in [0.1, 0.15) is 5.82 Å². The minimum absolute atomic E-state index is 0.772. The van der Waals surface area contributed by atoms with E-state index in [1.165, 1.54) is 11.3 Å². The number of imidazole rings is 1. The fraction of sp³-hybridized carbons (Fsp3) is 0.357. The lowest BCUT2D eigenvalue weighted by molar-refractivity contribution is 0.646. The highest BCUT2D eigenvalue weighted by Gasteiger charge is 2.06. The van der Waals surface area contributed by atoms with Crippen molar-refractivity contribution in [1.82, 2.24) is 14.9 Å². The lowest BCUT2D eigenvalue weighted by atomic mass is 10.2. The molecule has 96 valence electrons. The van der Waals surface area contributed by atoms with Crippen molar-refractivity contribution in [3.8, 4) is 0 Å². The van der Waals surface area contributed by atoms with Crippen molar-refractivity contribution in [2.45, 2.75) is 26.9 Å². The molecule has 0 saturated heterocycles. The summed E-state index contributed by atoms with van der Waals surface area (Å²) in [6.45, 7) is 6.79. The molecule has 0 saturated carbocycles. The Hall–Kier alpha value is -1.32. The Bertz CT molecular complexity index is 502. The number of rotatable bonds is 5. The number of hydrogen-bond acceptors (Lipinski definition) is 2. The number of nitrogens with zero attached hydrogens (tertiary/aromatic N) is 2. The monoisotopic (exact) mass is 263 g/mol. The van der Waals surface area contributed by atoms with Crippen molar-refractivity contribution in [3.63, 3.8) is 0 Å². The van der Waals surface area contributed by atoms with Gasteiger partial charge in [0.2, 0.25) is 0 Å². The third-order valence-electron chi connectivity index (χ3n) is 2.95. The minimum atomic E-state index is 0.772. The van der Waals surface area contributed by atoms with Crippen LogP contribution in [0.1, 0.15) is 24.0 Å². The molecule has 0 aliphatic rings. The molecule has 0 aliphatic carbocycles. The molecule has 0 radical (unpaired) electrons. The van der Waals surface area contributed by atoms with E-state index in [1.54, 1.807) is 0 Å². The van der Waals surface area contributed by atoms with Gasteiger partial charge < -0.3 is 9.88 Å². The van der Waals surface area contributed by atoms with E-state index >= 15 is 0 Å². The molecule has 3 nitrogen and oxygen atoms in total. The first kappa shape index (κ1) is 13.1. The van der Waals surface area contributed by atoms with Crippen molar-refractivity contribution in [3.05, 3.63) is 52.6 Å². The number of benzene rings is 1. The lowest BCUT2D eigenvalue weighted by Gasteiger charge is -2.11. The molecule has 0 bridgehead atoms. The number of aryl methyl sites for hydroxylation is 1. The highest BCUT2D eigenvalue weighted by atomic mass is 35.5. The van der Waals surface area contributed by atoms with Crippen LogP contribution in [0.25, 0.3) is 0 Å². The predicted molar refractivity (Wildman–Crippen MR) is 74.9 cm³/mol. The molecular formula is C14H18ClN3. The van der Waals surface area contributed by atoms with Crippen LogP contribution in [0.2, 0.25) is 5.02 Å². The molecule has 1 heterocycles. The van der Waals surface area contributed by atoms with E-state index in [9.17, 15) is 0 Å². The van der Waals surface area contributed by atoms with E-state index in [-0.39, 0.29) is 0 Å². The highest BCUT2D eigenvalue weighted by molar-refractivity contribution is 6.30. The van der Waals surface area contributed by atoms with Gasteiger partial charge in [0.25, 0.3) is 0 Å². The topological polar surface area (TPSA) is 29.9 Å². The first-order valence-corrected chi connectivity index (χ1v) is 6.54. The molecule has 4 heteroatoms. The summed E-state index contributed by atoms with van der Waals surface area (Å²) in [7, 11) is 0. The Morgan fingerprint density at radius 1 is 1.28 bits per heavy atom. The Balaban J connectivity index is 2.17. The number of nitrogens with one attached hydrogen (secondary N) is 1. The molecule has 0 atom stereocenters. The Labute approximate surface area is 113 Å². The summed E-state index contributed by atoms with van der Waals surface area (Å²) in [5.74, 6) is 1.04. The van der Waals surface area contributed by atoms with Gasteiger partial charge in [0.05, 0.1) is 5.69 Å². The molecule has 0 fully saturated rings. The van der Waals surface area contributed by atoms with Crippen LogP contribution in [-0.4, -0.2) is 16.1 Å². The van der Waals surface area contributed by atoms with Gasteiger partial charge in [-0.3, -0.25) is 0 Å². The van der Waals surface area contributed by atoms with Gasteiger partial charge in [-0.05, 0) is 31.2 Å². The normalized spacial score (nSPS) is 10.8. The second-order valence-corrected chi connectivity index (χ2v) is 4.73. The van der Waals surface area contributed by atoms with Gasteiger partial charge in [-0.25, -0.2) is 4.98 Å². The van der Waals surface area contributed by atoms with E-state index in [1.807, 2.05) is 25.3 Å². The van der Waals surface area contributed by atoms with E-state index in [0.717, 1.165) is 30.5 Å². The lowest BCUT2D eigenvalue weighted by Crippen LogP contribution is -2.16. The van der Waals surface area contributed by atoms with Crippen molar-refractivity contribution in [1.29, 1.82) is 0 Å². The summed E-state index contributed by atoms with van der Waals surface area (Å²) < 4.78 is 2.23. The number of halogens is 1. The predicted octanol–water partition coefficient (Wildman–Crippen LogP) is 3.00. The largest absolute Gasteiger partial charge is 0.327 e. The maximum atomic E-state index is 5.90. The van der Waals surface area contributed by atoms with E-state index in [2.05, 4.69) is 33.9 Å². The highest BCUT2D eigenvalue weighted by Crippen LogP contribution is 2.13. The van der Waals surface area contributed by atoms with Gasteiger partial charge in [-0.1, -0.05) is 30.7 Å². The van der Waals surface area contributed by atoms with Crippen LogP contribution in [0.15, 0.2) is 30.5 Å². The fourth-order valence-electron chi connectivity index (χ4n) is 1.90. The molecule has 18 heavy (non-hydrogen) atoms. The number of hydrogen-bond donors (Lipinski definition) is 1. The summed E-state index contributed by atoms with van der Waals surface area (Å²) in [6.07, 6.45) is 1.94. The molecule has 2 aromatic rings.